The number of non-ortho nitro benzene ring substituents is 1. The lowest BCUT2D eigenvalue weighted by atomic mass is 9.89. The molecule has 2 aliphatic rings. The van der Waals surface area contributed by atoms with Crippen molar-refractivity contribution in [3.05, 3.63) is 99.6 Å². The molecule has 220 valence electrons. The molecule has 42 heavy (non-hydrogen) atoms. The molecule has 2 saturated heterocycles. The Labute approximate surface area is 245 Å². The van der Waals surface area contributed by atoms with Crippen LogP contribution < -0.4 is 15.5 Å². The summed E-state index contributed by atoms with van der Waals surface area (Å²) in [6, 6.07) is 21.5. The van der Waals surface area contributed by atoms with E-state index in [1.54, 1.807) is 12.1 Å². The molecule has 3 aromatic carbocycles. The van der Waals surface area contributed by atoms with Crippen LogP contribution in [-0.4, -0.2) is 74.1 Å². The monoisotopic (exact) mass is 571 g/mol. The fraction of sp³-hybridized carbons (Fsp3) is 0.375. The number of rotatable bonds is 10. The van der Waals surface area contributed by atoms with Crippen LogP contribution in [0.3, 0.4) is 0 Å². The van der Waals surface area contributed by atoms with Crippen LogP contribution in [0.15, 0.2) is 72.8 Å². The van der Waals surface area contributed by atoms with Gasteiger partial charge in [-0.1, -0.05) is 36.4 Å². The molecule has 0 radical (unpaired) electrons. The molecule has 2 heterocycles. The van der Waals surface area contributed by atoms with Crippen LogP contribution in [0.1, 0.15) is 39.1 Å². The first kappa shape index (κ1) is 29.2. The molecule has 10 nitrogen and oxygen atoms in total. The predicted octanol–water partition coefficient (Wildman–Crippen LogP) is 4.37. The summed E-state index contributed by atoms with van der Waals surface area (Å²) >= 11 is 0. The highest BCUT2D eigenvalue weighted by Crippen LogP contribution is 2.30. The summed E-state index contributed by atoms with van der Waals surface area (Å²) in [4.78, 5) is 41.6. The first-order chi connectivity index (χ1) is 20.5. The number of carbonyl (C=O) groups excluding carboxylic acids is 2. The molecule has 0 saturated carbocycles. The number of nitrogens with one attached hydrogen (secondary N) is 2. The summed E-state index contributed by atoms with van der Waals surface area (Å²) < 4.78 is 5.41. The molecular formula is C32H37N5O5. The van der Waals surface area contributed by atoms with Crippen molar-refractivity contribution >= 4 is 28.9 Å². The fourth-order valence-corrected chi connectivity index (χ4v) is 5.61. The number of anilines is 2. The molecule has 0 atom stereocenters. The summed E-state index contributed by atoms with van der Waals surface area (Å²) in [6.07, 6.45) is 3.10. The number of benzene rings is 3. The van der Waals surface area contributed by atoms with Gasteiger partial charge in [-0.2, -0.15) is 0 Å². The van der Waals surface area contributed by atoms with Gasteiger partial charge >= 0.3 is 0 Å². The highest BCUT2D eigenvalue weighted by Gasteiger charge is 2.24. The molecule has 0 aromatic heterocycles. The Balaban J connectivity index is 1.29. The quantitative estimate of drug-likeness (QED) is 0.274. The lowest BCUT2D eigenvalue weighted by Gasteiger charge is -2.35. The number of carbonyl (C=O) groups is 2. The van der Waals surface area contributed by atoms with Gasteiger partial charge in [-0.15, -0.1) is 0 Å². The van der Waals surface area contributed by atoms with E-state index in [-0.39, 0.29) is 17.2 Å². The number of ether oxygens (including phenoxy) is 1. The molecule has 5 rings (SSSR count). The lowest BCUT2D eigenvalue weighted by molar-refractivity contribution is -0.384. The molecule has 2 N–H and O–H groups in total. The van der Waals surface area contributed by atoms with Gasteiger partial charge in [-0.05, 0) is 55.0 Å². The van der Waals surface area contributed by atoms with E-state index in [1.165, 1.54) is 29.8 Å². The van der Waals surface area contributed by atoms with Crippen molar-refractivity contribution in [3.63, 3.8) is 0 Å². The SMILES string of the molecule is O=C(Nc1ccc(N2CCC(Cc3ccccc3)CC2)c(C(=O)NCCN2CCOCC2)c1)c1cccc([N+](=O)[O-])c1. The Bertz CT molecular complexity index is 1390. The zero-order chi connectivity index (χ0) is 29.3. The zero-order valence-corrected chi connectivity index (χ0v) is 23.7. The Morgan fingerprint density at radius 2 is 1.67 bits per heavy atom. The minimum absolute atomic E-state index is 0.158. The van der Waals surface area contributed by atoms with Gasteiger partial charge in [0.2, 0.25) is 0 Å². The molecule has 0 spiro atoms. The van der Waals surface area contributed by atoms with E-state index in [0.717, 1.165) is 57.7 Å². The highest BCUT2D eigenvalue weighted by atomic mass is 16.6. The number of amides is 2. The molecule has 2 amide bonds. The topological polar surface area (TPSA) is 117 Å². The minimum Gasteiger partial charge on any atom is -0.379 e. The third kappa shape index (κ3) is 7.71. The lowest BCUT2D eigenvalue weighted by Crippen LogP contribution is -2.41. The second-order valence-electron chi connectivity index (χ2n) is 10.8. The average Bonchev–Trinajstić information content (AvgIpc) is 3.02. The van der Waals surface area contributed by atoms with Crippen molar-refractivity contribution < 1.29 is 19.2 Å². The largest absolute Gasteiger partial charge is 0.379 e. The van der Waals surface area contributed by atoms with E-state index in [9.17, 15) is 19.7 Å². The number of hydrogen-bond acceptors (Lipinski definition) is 7. The van der Waals surface area contributed by atoms with Crippen molar-refractivity contribution in [3.8, 4) is 0 Å². The van der Waals surface area contributed by atoms with Crippen LogP contribution in [0.2, 0.25) is 0 Å². The van der Waals surface area contributed by atoms with Crippen molar-refractivity contribution in [1.29, 1.82) is 0 Å². The molecule has 3 aromatic rings. The van der Waals surface area contributed by atoms with Gasteiger partial charge in [-0.3, -0.25) is 24.6 Å². The van der Waals surface area contributed by atoms with Crippen LogP contribution in [0.4, 0.5) is 17.1 Å². The standard InChI is InChI=1S/C32H37N5O5/c38-31(26-7-4-8-28(22-26)37(40)41)34-27-9-10-30(29(23-27)32(39)33-13-16-35-17-19-42-20-18-35)36-14-11-25(12-15-36)21-24-5-2-1-3-6-24/h1-10,22-23,25H,11-21H2,(H,33,39)(H,34,38). The van der Waals surface area contributed by atoms with E-state index in [4.69, 9.17) is 4.74 Å². The van der Waals surface area contributed by atoms with E-state index in [2.05, 4.69) is 44.7 Å². The smallest absolute Gasteiger partial charge is 0.270 e. The second kappa shape index (κ2) is 14.1. The first-order valence-electron chi connectivity index (χ1n) is 14.5. The second-order valence-corrected chi connectivity index (χ2v) is 10.8. The molecule has 2 fully saturated rings. The maximum Gasteiger partial charge on any atom is 0.270 e. The maximum atomic E-state index is 13.5. The molecule has 0 unspecified atom stereocenters. The van der Waals surface area contributed by atoms with Gasteiger partial charge in [0.05, 0.1) is 23.7 Å². The summed E-state index contributed by atoms with van der Waals surface area (Å²) in [5, 5.41) is 17.0. The maximum absolute atomic E-state index is 13.5. The third-order valence-electron chi connectivity index (χ3n) is 7.96. The van der Waals surface area contributed by atoms with Crippen molar-refractivity contribution in [2.75, 3.05) is 62.7 Å². The van der Waals surface area contributed by atoms with Crippen LogP contribution in [0.25, 0.3) is 0 Å². The first-order valence-corrected chi connectivity index (χ1v) is 14.5. The van der Waals surface area contributed by atoms with Gasteiger partial charge < -0.3 is 20.3 Å². The molecule has 2 aliphatic heterocycles. The Morgan fingerprint density at radius 3 is 2.40 bits per heavy atom. The van der Waals surface area contributed by atoms with Crippen molar-refractivity contribution in [2.45, 2.75) is 19.3 Å². The van der Waals surface area contributed by atoms with Crippen LogP contribution in [-0.2, 0) is 11.2 Å². The van der Waals surface area contributed by atoms with E-state index in [1.807, 2.05) is 12.1 Å². The number of nitro groups is 1. The minimum atomic E-state index is -0.534. The Morgan fingerprint density at radius 1 is 0.905 bits per heavy atom. The van der Waals surface area contributed by atoms with Crippen LogP contribution in [0, 0.1) is 16.0 Å². The third-order valence-corrected chi connectivity index (χ3v) is 7.96. The summed E-state index contributed by atoms with van der Waals surface area (Å²) in [5.74, 6) is -0.0918. The van der Waals surface area contributed by atoms with Gasteiger partial charge in [0, 0.05) is 68.3 Å². The van der Waals surface area contributed by atoms with E-state index >= 15 is 0 Å². The van der Waals surface area contributed by atoms with Crippen molar-refractivity contribution in [1.82, 2.24) is 10.2 Å². The summed E-state index contributed by atoms with van der Waals surface area (Å²) in [5.41, 5.74) is 3.15. The summed E-state index contributed by atoms with van der Waals surface area (Å²) in [7, 11) is 0. The normalized spacial score (nSPS) is 16.1. The van der Waals surface area contributed by atoms with Crippen LogP contribution >= 0.6 is 0 Å². The number of nitrogens with zero attached hydrogens (tertiary/aromatic N) is 3. The number of hydrogen-bond donors (Lipinski definition) is 2. The molecule has 10 heteroatoms. The van der Waals surface area contributed by atoms with Gasteiger partial charge in [0.25, 0.3) is 17.5 Å². The molecule has 0 bridgehead atoms. The Kier molecular flexibility index (Phi) is 9.78. The fourth-order valence-electron chi connectivity index (χ4n) is 5.61. The number of piperidine rings is 1. The van der Waals surface area contributed by atoms with Gasteiger partial charge in [0.15, 0.2) is 0 Å². The zero-order valence-electron chi connectivity index (χ0n) is 23.7. The van der Waals surface area contributed by atoms with Crippen molar-refractivity contribution in [2.24, 2.45) is 5.92 Å². The molecule has 0 aliphatic carbocycles. The Hall–Kier alpha value is -4.28. The summed E-state index contributed by atoms with van der Waals surface area (Å²) in [6.45, 7) is 6.00. The van der Waals surface area contributed by atoms with Gasteiger partial charge in [0.1, 0.15) is 0 Å². The van der Waals surface area contributed by atoms with E-state index in [0.29, 0.717) is 36.9 Å². The van der Waals surface area contributed by atoms with E-state index < -0.39 is 10.8 Å². The number of nitro benzene ring substituents is 1. The van der Waals surface area contributed by atoms with Crippen LogP contribution in [0.5, 0.6) is 0 Å². The predicted molar refractivity (Wildman–Crippen MR) is 162 cm³/mol. The van der Waals surface area contributed by atoms with Gasteiger partial charge in [-0.25, -0.2) is 0 Å². The highest BCUT2D eigenvalue weighted by molar-refractivity contribution is 6.06. The molecular weight excluding hydrogens is 534 g/mol. The average molecular weight is 572 g/mol. The number of morpholine rings is 1.